The zero-order valence-electron chi connectivity index (χ0n) is 10.5. The highest BCUT2D eigenvalue weighted by Gasteiger charge is 2.15. The molecule has 0 fully saturated rings. The third kappa shape index (κ3) is 3.01. The maximum Gasteiger partial charge on any atom is 0.347 e. The molecule has 0 bridgehead atoms. The number of rotatable bonds is 3. The average molecular weight is 254 g/mol. The lowest BCUT2D eigenvalue weighted by Gasteiger charge is -2.07. The number of phenols is 1. The molecule has 0 saturated heterocycles. The van der Waals surface area contributed by atoms with Crippen molar-refractivity contribution in [2.45, 2.75) is 6.92 Å². The van der Waals surface area contributed by atoms with Crippen LogP contribution in [0.2, 0.25) is 0 Å². The van der Waals surface area contributed by atoms with E-state index in [0.29, 0.717) is 11.3 Å². The number of ether oxygens (including phenoxy) is 1. The van der Waals surface area contributed by atoms with Crippen molar-refractivity contribution in [2.75, 3.05) is 0 Å². The molecule has 0 unspecified atom stereocenters. The Morgan fingerprint density at radius 2 is 1.84 bits per heavy atom. The maximum absolute atomic E-state index is 12.0. The number of aromatic hydroxyl groups is 1. The first-order valence-electron chi connectivity index (χ1n) is 5.94. The van der Waals surface area contributed by atoms with Crippen molar-refractivity contribution in [3.05, 3.63) is 65.7 Å². The normalized spacial score (nSPS) is 10.6. The van der Waals surface area contributed by atoms with Gasteiger partial charge in [-0.2, -0.15) is 0 Å². The minimum atomic E-state index is -0.574. The molecule has 0 aliphatic carbocycles. The zero-order valence-corrected chi connectivity index (χ0v) is 10.5. The van der Waals surface area contributed by atoms with Gasteiger partial charge in [0.05, 0.1) is 0 Å². The van der Waals surface area contributed by atoms with Crippen LogP contribution in [0.3, 0.4) is 0 Å². The highest BCUT2D eigenvalue weighted by molar-refractivity contribution is 5.95. The Hall–Kier alpha value is -2.55. The minimum Gasteiger partial charge on any atom is -0.506 e. The molecule has 0 aromatic heterocycles. The van der Waals surface area contributed by atoms with Gasteiger partial charge in [0.15, 0.2) is 0 Å². The fourth-order valence-corrected chi connectivity index (χ4v) is 1.69. The predicted octanol–water partition coefficient (Wildman–Crippen LogP) is 3.64. The first-order valence-corrected chi connectivity index (χ1v) is 5.94. The van der Waals surface area contributed by atoms with Crippen LogP contribution in [-0.4, -0.2) is 11.1 Å². The van der Waals surface area contributed by atoms with Crippen molar-refractivity contribution in [1.82, 2.24) is 0 Å². The van der Waals surface area contributed by atoms with Gasteiger partial charge in [0, 0.05) is 5.56 Å². The average Bonchev–Trinajstić information content (AvgIpc) is 2.42. The van der Waals surface area contributed by atoms with E-state index < -0.39 is 5.97 Å². The predicted molar refractivity (Wildman–Crippen MR) is 74.2 cm³/mol. The Kier molecular flexibility index (Phi) is 3.98. The Labute approximate surface area is 111 Å². The first-order chi connectivity index (χ1) is 9.22. The lowest BCUT2D eigenvalue weighted by molar-refractivity contribution is 0.0731. The number of carbonyl (C=O) groups is 1. The minimum absolute atomic E-state index is 0.0680. The summed E-state index contributed by atoms with van der Waals surface area (Å²) in [5.74, 6) is -0.195. The molecule has 0 radical (unpaired) electrons. The monoisotopic (exact) mass is 254 g/mol. The number of para-hydroxylation sites is 2. The van der Waals surface area contributed by atoms with Gasteiger partial charge < -0.3 is 9.84 Å². The largest absolute Gasteiger partial charge is 0.506 e. The second kappa shape index (κ2) is 5.87. The van der Waals surface area contributed by atoms with E-state index in [1.807, 2.05) is 13.0 Å². The topological polar surface area (TPSA) is 46.5 Å². The van der Waals surface area contributed by atoms with Crippen molar-refractivity contribution >= 4 is 12.0 Å². The van der Waals surface area contributed by atoms with Crippen LogP contribution >= 0.6 is 0 Å². The van der Waals surface area contributed by atoms with Crippen LogP contribution < -0.4 is 4.74 Å². The van der Waals surface area contributed by atoms with E-state index in [9.17, 15) is 9.90 Å². The highest BCUT2D eigenvalue weighted by atomic mass is 16.5. The second-order valence-corrected chi connectivity index (χ2v) is 3.95. The molecule has 0 aliphatic heterocycles. The Morgan fingerprint density at radius 1 is 1.11 bits per heavy atom. The summed E-state index contributed by atoms with van der Waals surface area (Å²) in [5, 5.41) is 10.0. The van der Waals surface area contributed by atoms with Gasteiger partial charge in [0.2, 0.25) is 0 Å². The van der Waals surface area contributed by atoms with Gasteiger partial charge >= 0.3 is 5.97 Å². The fraction of sp³-hybridized carbons (Fsp3) is 0.0625. The second-order valence-electron chi connectivity index (χ2n) is 3.95. The summed E-state index contributed by atoms with van der Waals surface area (Å²) in [4.78, 5) is 12.0. The summed E-state index contributed by atoms with van der Waals surface area (Å²) in [6.07, 6.45) is 3.52. The van der Waals surface area contributed by atoms with Crippen LogP contribution in [0.25, 0.3) is 6.08 Å². The molecule has 2 rings (SSSR count). The van der Waals surface area contributed by atoms with Gasteiger partial charge in [-0.05, 0) is 25.1 Å². The molecule has 0 atom stereocenters. The molecular weight excluding hydrogens is 240 g/mol. The third-order valence-electron chi connectivity index (χ3n) is 2.59. The van der Waals surface area contributed by atoms with Gasteiger partial charge in [0.25, 0.3) is 0 Å². The van der Waals surface area contributed by atoms with Crippen LogP contribution in [0.1, 0.15) is 22.8 Å². The van der Waals surface area contributed by atoms with Crippen molar-refractivity contribution < 1.29 is 14.6 Å². The van der Waals surface area contributed by atoms with Gasteiger partial charge in [-0.15, -0.1) is 0 Å². The number of benzene rings is 2. The number of allylic oxidation sites excluding steroid dienone is 1. The number of esters is 1. The summed E-state index contributed by atoms with van der Waals surface area (Å²) in [6, 6.07) is 13.7. The van der Waals surface area contributed by atoms with E-state index >= 15 is 0 Å². The number of hydrogen-bond donors (Lipinski definition) is 1. The molecule has 3 heteroatoms. The van der Waals surface area contributed by atoms with Gasteiger partial charge in [-0.25, -0.2) is 4.79 Å². The molecule has 0 aliphatic rings. The van der Waals surface area contributed by atoms with E-state index in [0.717, 1.165) is 0 Å². The summed E-state index contributed by atoms with van der Waals surface area (Å²) in [7, 11) is 0. The quantitative estimate of drug-likeness (QED) is 0.671. The van der Waals surface area contributed by atoms with E-state index in [4.69, 9.17) is 4.74 Å². The fourth-order valence-electron chi connectivity index (χ4n) is 1.69. The molecular formula is C16H14O3. The van der Waals surface area contributed by atoms with Crippen molar-refractivity contribution in [1.29, 1.82) is 0 Å². The first kappa shape index (κ1) is 12.9. The van der Waals surface area contributed by atoms with Crippen LogP contribution in [0.15, 0.2) is 54.6 Å². The SMILES string of the molecule is C/C=C\c1cccc(C(=O)Oc2ccccc2)c1O. The standard InChI is InChI=1S/C16H14O3/c1-2-7-12-8-6-11-14(15(12)17)16(18)19-13-9-4-3-5-10-13/h2-11,17H,1H3/b7-2-. The van der Waals surface area contributed by atoms with Crippen molar-refractivity contribution in [3.8, 4) is 11.5 Å². The number of carbonyl (C=O) groups excluding carboxylic acids is 1. The van der Waals surface area contributed by atoms with E-state index in [-0.39, 0.29) is 11.3 Å². The number of hydrogen-bond acceptors (Lipinski definition) is 3. The summed E-state index contributed by atoms with van der Waals surface area (Å²) in [5.41, 5.74) is 0.740. The lowest BCUT2D eigenvalue weighted by Crippen LogP contribution is -2.09. The Balaban J connectivity index is 2.27. The van der Waals surface area contributed by atoms with E-state index in [1.54, 1.807) is 48.6 Å². The molecule has 1 N–H and O–H groups in total. The summed E-state index contributed by atoms with van der Waals surface area (Å²) >= 11 is 0. The van der Waals surface area contributed by atoms with Crippen LogP contribution in [0.4, 0.5) is 0 Å². The van der Waals surface area contributed by atoms with Crippen LogP contribution in [-0.2, 0) is 0 Å². The highest BCUT2D eigenvalue weighted by Crippen LogP contribution is 2.25. The van der Waals surface area contributed by atoms with E-state index in [1.165, 1.54) is 6.07 Å². The molecule has 0 amide bonds. The van der Waals surface area contributed by atoms with E-state index in [2.05, 4.69) is 0 Å². The molecule has 3 nitrogen and oxygen atoms in total. The number of phenolic OH excluding ortho intramolecular Hbond substituents is 1. The van der Waals surface area contributed by atoms with Crippen LogP contribution in [0.5, 0.6) is 11.5 Å². The van der Waals surface area contributed by atoms with Crippen molar-refractivity contribution in [3.63, 3.8) is 0 Å². The molecule has 0 spiro atoms. The molecule has 96 valence electrons. The molecule has 2 aromatic rings. The molecule has 19 heavy (non-hydrogen) atoms. The molecule has 2 aromatic carbocycles. The Bertz CT molecular complexity index is 601. The van der Waals surface area contributed by atoms with Crippen molar-refractivity contribution in [2.24, 2.45) is 0 Å². The molecule has 0 saturated carbocycles. The summed E-state index contributed by atoms with van der Waals surface area (Å²) in [6.45, 7) is 1.84. The molecule has 0 heterocycles. The summed E-state index contributed by atoms with van der Waals surface area (Å²) < 4.78 is 5.19. The smallest absolute Gasteiger partial charge is 0.347 e. The van der Waals surface area contributed by atoms with Gasteiger partial charge in [-0.3, -0.25) is 0 Å². The van der Waals surface area contributed by atoms with Crippen LogP contribution in [0, 0.1) is 0 Å². The van der Waals surface area contributed by atoms with Gasteiger partial charge in [0.1, 0.15) is 17.1 Å². The zero-order chi connectivity index (χ0) is 13.7. The third-order valence-corrected chi connectivity index (χ3v) is 2.59. The lowest BCUT2D eigenvalue weighted by atomic mass is 10.1. The Morgan fingerprint density at radius 3 is 2.53 bits per heavy atom. The van der Waals surface area contributed by atoms with Gasteiger partial charge in [-0.1, -0.05) is 42.5 Å². The maximum atomic E-state index is 12.0.